The van der Waals surface area contributed by atoms with Crippen LogP contribution in [-0.4, -0.2) is 35.1 Å². The van der Waals surface area contributed by atoms with Crippen LogP contribution in [0.1, 0.15) is 12.6 Å². The summed E-state index contributed by atoms with van der Waals surface area (Å²) in [6.07, 6.45) is 4.44. The number of nitrogens with one attached hydrogen (secondary N) is 1. The lowest BCUT2D eigenvalue weighted by molar-refractivity contribution is -0.123. The monoisotopic (exact) mass is 407 g/mol. The van der Waals surface area contributed by atoms with Gasteiger partial charge in [-0.2, -0.15) is 0 Å². The number of carbonyl (C=O) groups is 1. The van der Waals surface area contributed by atoms with Gasteiger partial charge in [0.2, 0.25) is 0 Å². The van der Waals surface area contributed by atoms with Gasteiger partial charge in [-0.1, -0.05) is 23.2 Å². The second-order valence-electron chi connectivity index (χ2n) is 5.73. The first-order chi connectivity index (χ1) is 13.1. The molecule has 2 aromatic heterocycles. The van der Waals surface area contributed by atoms with E-state index in [1.165, 1.54) is 0 Å². The van der Waals surface area contributed by atoms with Crippen molar-refractivity contribution in [2.45, 2.75) is 13.3 Å². The van der Waals surface area contributed by atoms with E-state index < -0.39 is 0 Å². The molecule has 0 aliphatic heterocycles. The molecule has 2 heterocycles. The second kappa shape index (κ2) is 8.97. The van der Waals surface area contributed by atoms with E-state index in [2.05, 4.69) is 10.3 Å². The molecule has 27 heavy (non-hydrogen) atoms. The third-order valence-corrected chi connectivity index (χ3v) is 4.28. The van der Waals surface area contributed by atoms with E-state index in [1.54, 1.807) is 18.2 Å². The molecule has 0 atom stereocenters. The predicted molar refractivity (Wildman–Crippen MR) is 105 cm³/mol. The number of hydrogen-bond donors (Lipinski definition) is 1. The molecule has 8 heteroatoms. The summed E-state index contributed by atoms with van der Waals surface area (Å²) < 4.78 is 12.9. The number of hydrogen-bond acceptors (Lipinski definition) is 4. The number of ether oxygens (including phenoxy) is 2. The zero-order valence-corrected chi connectivity index (χ0v) is 16.3. The van der Waals surface area contributed by atoms with Crippen LogP contribution in [0.15, 0.2) is 42.7 Å². The number of amides is 1. The molecule has 0 spiro atoms. The van der Waals surface area contributed by atoms with E-state index in [9.17, 15) is 4.79 Å². The van der Waals surface area contributed by atoms with Crippen LogP contribution < -0.4 is 14.8 Å². The third-order valence-electron chi connectivity index (χ3n) is 3.75. The van der Waals surface area contributed by atoms with Crippen LogP contribution in [0.2, 0.25) is 10.0 Å². The maximum absolute atomic E-state index is 11.9. The van der Waals surface area contributed by atoms with Gasteiger partial charge in [-0.25, -0.2) is 4.98 Å². The molecule has 0 bridgehead atoms. The molecular formula is C19H19Cl2N3O3. The van der Waals surface area contributed by atoms with Gasteiger partial charge in [0.25, 0.3) is 5.91 Å². The number of benzene rings is 1. The number of fused-ring (bicyclic) bond motifs is 1. The van der Waals surface area contributed by atoms with Crippen LogP contribution in [-0.2, 0) is 11.2 Å². The van der Waals surface area contributed by atoms with Crippen molar-refractivity contribution in [2.75, 3.05) is 19.8 Å². The van der Waals surface area contributed by atoms with Crippen molar-refractivity contribution < 1.29 is 14.3 Å². The van der Waals surface area contributed by atoms with Gasteiger partial charge in [0, 0.05) is 30.4 Å². The zero-order chi connectivity index (χ0) is 19.2. The molecule has 0 saturated heterocycles. The van der Waals surface area contributed by atoms with Crippen LogP contribution in [0, 0.1) is 0 Å². The van der Waals surface area contributed by atoms with Gasteiger partial charge in [-0.3, -0.25) is 4.79 Å². The highest BCUT2D eigenvalue weighted by Gasteiger charge is 2.09. The summed E-state index contributed by atoms with van der Waals surface area (Å²) in [5, 5.41) is 3.68. The Kier molecular flexibility index (Phi) is 6.42. The number of aromatic nitrogens is 2. The Morgan fingerprint density at radius 3 is 2.85 bits per heavy atom. The highest BCUT2D eigenvalue weighted by molar-refractivity contribution is 6.35. The molecule has 0 fully saturated rings. The van der Waals surface area contributed by atoms with Crippen molar-refractivity contribution in [1.82, 2.24) is 14.7 Å². The summed E-state index contributed by atoms with van der Waals surface area (Å²) in [6.45, 7) is 2.84. The standard InChI is InChI=1S/C19H19Cl2N3O3/c1-2-26-17-4-3-9-24-11-14(23-19(17)24)7-8-22-18(25)12-27-16-6-5-13(20)10-15(16)21/h3-6,9-11H,2,7-8,12H2,1H3,(H,22,25). The Hall–Kier alpha value is -2.44. The lowest BCUT2D eigenvalue weighted by Gasteiger charge is -2.08. The molecule has 1 amide bonds. The lowest BCUT2D eigenvalue weighted by atomic mass is 10.3. The molecule has 0 aliphatic rings. The fourth-order valence-electron chi connectivity index (χ4n) is 2.54. The number of nitrogens with zero attached hydrogens (tertiary/aromatic N) is 2. The number of halogens is 2. The van der Waals surface area contributed by atoms with Crippen LogP contribution in [0.25, 0.3) is 5.65 Å². The Bertz CT molecular complexity index is 943. The fourth-order valence-corrected chi connectivity index (χ4v) is 3.01. The second-order valence-corrected chi connectivity index (χ2v) is 6.58. The first-order valence-corrected chi connectivity index (χ1v) is 9.26. The van der Waals surface area contributed by atoms with E-state index in [1.807, 2.05) is 35.9 Å². The molecule has 6 nitrogen and oxygen atoms in total. The molecule has 1 aromatic carbocycles. The first-order valence-electron chi connectivity index (χ1n) is 8.50. The number of imidazole rings is 1. The summed E-state index contributed by atoms with van der Waals surface area (Å²) in [5.41, 5.74) is 1.63. The minimum Gasteiger partial charge on any atom is -0.490 e. The van der Waals surface area contributed by atoms with Crippen LogP contribution in [0.3, 0.4) is 0 Å². The number of pyridine rings is 1. The van der Waals surface area contributed by atoms with E-state index in [0.717, 1.165) is 17.1 Å². The van der Waals surface area contributed by atoms with Crippen molar-refractivity contribution in [3.63, 3.8) is 0 Å². The largest absolute Gasteiger partial charge is 0.490 e. The Morgan fingerprint density at radius 1 is 1.22 bits per heavy atom. The van der Waals surface area contributed by atoms with Crippen LogP contribution >= 0.6 is 23.2 Å². The van der Waals surface area contributed by atoms with Gasteiger partial charge in [0.05, 0.1) is 17.3 Å². The third kappa shape index (κ3) is 5.05. The Labute approximate surface area is 167 Å². The van der Waals surface area contributed by atoms with Gasteiger partial charge < -0.3 is 19.2 Å². The minimum absolute atomic E-state index is 0.124. The van der Waals surface area contributed by atoms with Crippen molar-refractivity contribution in [3.8, 4) is 11.5 Å². The van der Waals surface area contributed by atoms with Crippen LogP contribution in [0.4, 0.5) is 0 Å². The van der Waals surface area contributed by atoms with Crippen molar-refractivity contribution in [3.05, 3.63) is 58.5 Å². The highest BCUT2D eigenvalue weighted by atomic mass is 35.5. The van der Waals surface area contributed by atoms with Crippen LogP contribution in [0.5, 0.6) is 11.5 Å². The summed E-state index contributed by atoms with van der Waals surface area (Å²) >= 11 is 11.8. The molecule has 0 saturated carbocycles. The normalized spacial score (nSPS) is 10.8. The average molecular weight is 408 g/mol. The van der Waals surface area contributed by atoms with Gasteiger partial charge in [0.15, 0.2) is 18.0 Å². The van der Waals surface area contributed by atoms with Gasteiger partial charge in [-0.15, -0.1) is 0 Å². The molecule has 142 valence electrons. The van der Waals surface area contributed by atoms with Gasteiger partial charge in [0.1, 0.15) is 5.75 Å². The summed E-state index contributed by atoms with van der Waals surface area (Å²) in [5.74, 6) is 0.920. The molecule has 0 radical (unpaired) electrons. The zero-order valence-electron chi connectivity index (χ0n) is 14.7. The molecule has 3 rings (SSSR count). The van der Waals surface area contributed by atoms with E-state index in [-0.39, 0.29) is 12.5 Å². The summed E-state index contributed by atoms with van der Waals surface area (Å²) in [7, 11) is 0. The molecular weight excluding hydrogens is 389 g/mol. The Balaban J connectivity index is 1.50. The first kappa shape index (κ1) is 19.3. The highest BCUT2D eigenvalue weighted by Crippen LogP contribution is 2.27. The van der Waals surface area contributed by atoms with Gasteiger partial charge in [-0.05, 0) is 37.3 Å². The lowest BCUT2D eigenvalue weighted by Crippen LogP contribution is -2.30. The van der Waals surface area contributed by atoms with E-state index in [0.29, 0.717) is 35.4 Å². The van der Waals surface area contributed by atoms with Crippen molar-refractivity contribution in [1.29, 1.82) is 0 Å². The molecule has 3 aromatic rings. The SMILES string of the molecule is CCOc1cccn2cc(CCNC(=O)COc3ccc(Cl)cc3Cl)nc12. The number of rotatable bonds is 8. The molecule has 1 N–H and O–H groups in total. The minimum atomic E-state index is -0.236. The summed E-state index contributed by atoms with van der Waals surface area (Å²) in [6, 6.07) is 8.64. The molecule has 0 aliphatic carbocycles. The average Bonchev–Trinajstić information content (AvgIpc) is 3.05. The van der Waals surface area contributed by atoms with E-state index in [4.69, 9.17) is 32.7 Å². The van der Waals surface area contributed by atoms with Crippen molar-refractivity contribution in [2.24, 2.45) is 0 Å². The maximum Gasteiger partial charge on any atom is 0.257 e. The van der Waals surface area contributed by atoms with Crippen molar-refractivity contribution >= 4 is 34.8 Å². The van der Waals surface area contributed by atoms with E-state index >= 15 is 0 Å². The summed E-state index contributed by atoms with van der Waals surface area (Å²) in [4.78, 5) is 16.5. The topological polar surface area (TPSA) is 64.9 Å². The molecule has 0 unspecified atom stereocenters. The predicted octanol–water partition coefficient (Wildman–Crippen LogP) is 3.78. The fraction of sp³-hybridized carbons (Fsp3) is 0.263. The maximum atomic E-state index is 11.9. The Morgan fingerprint density at radius 2 is 2.07 bits per heavy atom. The smallest absolute Gasteiger partial charge is 0.257 e. The number of carbonyl (C=O) groups excluding carboxylic acids is 1. The van der Waals surface area contributed by atoms with Gasteiger partial charge >= 0.3 is 0 Å². The quantitative estimate of drug-likeness (QED) is 0.616.